The van der Waals surface area contributed by atoms with E-state index in [-0.39, 0.29) is 5.41 Å². The van der Waals surface area contributed by atoms with E-state index in [2.05, 4.69) is 4.98 Å². The van der Waals surface area contributed by atoms with Crippen molar-refractivity contribution in [3.63, 3.8) is 0 Å². The smallest absolute Gasteiger partial charge is 0.248 e. The zero-order valence-electron chi connectivity index (χ0n) is 8.31. The maximum absolute atomic E-state index is 12.9. The van der Waals surface area contributed by atoms with Crippen molar-refractivity contribution in [3.05, 3.63) is 29.3 Å². The minimum atomic E-state index is -2.86. The molecule has 0 aliphatic heterocycles. The summed E-state index contributed by atoms with van der Waals surface area (Å²) in [6, 6.07) is 2.47. The number of alkyl halides is 2. The molecule has 0 aromatic carbocycles. The second-order valence-electron chi connectivity index (χ2n) is 4.11. The molecular formula is C10H12F3N. The lowest BCUT2D eigenvalue weighted by atomic mass is 9.91. The second-order valence-corrected chi connectivity index (χ2v) is 4.11. The maximum atomic E-state index is 12.9. The lowest BCUT2D eigenvalue weighted by molar-refractivity contribution is 0.140. The number of aromatic nitrogens is 1. The Morgan fingerprint density at radius 1 is 1.21 bits per heavy atom. The molecule has 78 valence electrons. The Balaban J connectivity index is 3.20. The molecule has 0 radical (unpaired) electrons. The normalized spacial score (nSPS) is 12.2. The van der Waals surface area contributed by atoms with Crippen molar-refractivity contribution in [2.75, 3.05) is 0 Å². The quantitative estimate of drug-likeness (QED) is 0.681. The second kappa shape index (κ2) is 3.59. The van der Waals surface area contributed by atoms with Crippen LogP contribution in [0.5, 0.6) is 0 Å². The van der Waals surface area contributed by atoms with E-state index >= 15 is 0 Å². The van der Waals surface area contributed by atoms with Crippen LogP contribution in [0.4, 0.5) is 13.2 Å². The Labute approximate surface area is 81.0 Å². The van der Waals surface area contributed by atoms with Gasteiger partial charge in [-0.3, -0.25) is 0 Å². The van der Waals surface area contributed by atoms with Gasteiger partial charge in [0.2, 0.25) is 0 Å². The van der Waals surface area contributed by atoms with Gasteiger partial charge in [0.15, 0.2) is 5.82 Å². The molecule has 1 aromatic heterocycles. The van der Waals surface area contributed by atoms with E-state index in [1.165, 1.54) is 6.07 Å². The van der Waals surface area contributed by atoms with Crippen LogP contribution in [-0.4, -0.2) is 4.98 Å². The standard InChI is InChI=1S/C10H12F3N/c1-10(2,3)7-5-4-6(11)8(14-7)9(12)13/h4-5,9H,1-3H3. The minimum absolute atomic E-state index is 0.350. The summed E-state index contributed by atoms with van der Waals surface area (Å²) in [7, 11) is 0. The van der Waals surface area contributed by atoms with Crippen LogP contribution in [0.25, 0.3) is 0 Å². The molecule has 1 rings (SSSR count). The fraction of sp³-hybridized carbons (Fsp3) is 0.500. The highest BCUT2D eigenvalue weighted by Gasteiger charge is 2.21. The molecule has 0 unspecified atom stereocenters. The fourth-order valence-electron chi connectivity index (χ4n) is 1.03. The van der Waals surface area contributed by atoms with Crippen molar-refractivity contribution in [2.45, 2.75) is 32.6 Å². The Bertz CT molecular complexity index is 329. The number of hydrogen-bond acceptors (Lipinski definition) is 1. The number of halogens is 3. The van der Waals surface area contributed by atoms with Gasteiger partial charge in [-0.2, -0.15) is 0 Å². The summed E-state index contributed by atoms with van der Waals surface area (Å²) in [6.07, 6.45) is -2.86. The van der Waals surface area contributed by atoms with E-state index in [0.29, 0.717) is 5.69 Å². The first-order valence-corrected chi connectivity index (χ1v) is 4.27. The summed E-state index contributed by atoms with van der Waals surface area (Å²) in [5.41, 5.74) is -0.649. The summed E-state index contributed by atoms with van der Waals surface area (Å²) in [5, 5.41) is 0. The van der Waals surface area contributed by atoms with Crippen LogP contribution in [0.2, 0.25) is 0 Å². The van der Waals surface area contributed by atoms with E-state index in [1.807, 2.05) is 20.8 Å². The van der Waals surface area contributed by atoms with Gasteiger partial charge in [-0.05, 0) is 12.1 Å². The van der Waals surface area contributed by atoms with Crippen LogP contribution in [0.3, 0.4) is 0 Å². The first-order valence-electron chi connectivity index (χ1n) is 4.27. The summed E-state index contributed by atoms with van der Waals surface area (Å²) in [6.45, 7) is 5.51. The molecule has 0 N–H and O–H groups in total. The molecule has 1 nitrogen and oxygen atoms in total. The highest BCUT2D eigenvalue weighted by Crippen LogP contribution is 2.25. The molecule has 0 spiro atoms. The monoisotopic (exact) mass is 203 g/mol. The zero-order chi connectivity index (χ0) is 10.9. The van der Waals surface area contributed by atoms with Crippen LogP contribution in [0.1, 0.15) is 38.6 Å². The molecule has 0 amide bonds. The van der Waals surface area contributed by atoms with Crippen molar-refractivity contribution < 1.29 is 13.2 Å². The predicted octanol–water partition coefficient (Wildman–Crippen LogP) is 3.46. The summed E-state index contributed by atoms with van der Waals surface area (Å²) >= 11 is 0. The van der Waals surface area contributed by atoms with E-state index in [0.717, 1.165) is 6.07 Å². The van der Waals surface area contributed by atoms with Crippen LogP contribution in [-0.2, 0) is 5.41 Å². The first kappa shape index (κ1) is 11.0. The third kappa shape index (κ3) is 2.25. The predicted molar refractivity (Wildman–Crippen MR) is 47.9 cm³/mol. The molecule has 4 heteroatoms. The highest BCUT2D eigenvalue weighted by atomic mass is 19.3. The van der Waals surface area contributed by atoms with E-state index < -0.39 is 17.9 Å². The molecule has 1 aromatic rings. The van der Waals surface area contributed by atoms with E-state index in [9.17, 15) is 13.2 Å². The Morgan fingerprint density at radius 3 is 2.21 bits per heavy atom. The third-order valence-corrected chi connectivity index (χ3v) is 1.85. The zero-order valence-corrected chi connectivity index (χ0v) is 8.31. The minimum Gasteiger partial charge on any atom is -0.248 e. The van der Waals surface area contributed by atoms with Gasteiger partial charge in [0.05, 0.1) is 0 Å². The maximum Gasteiger partial charge on any atom is 0.283 e. The van der Waals surface area contributed by atoms with E-state index in [4.69, 9.17) is 0 Å². The lowest BCUT2D eigenvalue weighted by Gasteiger charge is -2.18. The summed E-state index contributed by atoms with van der Waals surface area (Å²) < 4.78 is 37.5. The number of nitrogens with zero attached hydrogens (tertiary/aromatic N) is 1. The first-order chi connectivity index (χ1) is 6.32. The van der Waals surface area contributed by atoms with Gasteiger partial charge in [0.1, 0.15) is 5.69 Å². The van der Waals surface area contributed by atoms with Crippen molar-refractivity contribution >= 4 is 0 Å². The Kier molecular flexibility index (Phi) is 2.83. The summed E-state index contributed by atoms with van der Waals surface area (Å²) in [5.74, 6) is -0.951. The largest absolute Gasteiger partial charge is 0.283 e. The summed E-state index contributed by atoms with van der Waals surface area (Å²) in [4.78, 5) is 3.62. The van der Waals surface area contributed by atoms with E-state index in [1.54, 1.807) is 0 Å². The number of hydrogen-bond donors (Lipinski definition) is 0. The van der Waals surface area contributed by atoms with Crippen molar-refractivity contribution in [1.82, 2.24) is 4.98 Å². The Hall–Kier alpha value is -1.06. The average molecular weight is 203 g/mol. The number of pyridine rings is 1. The average Bonchev–Trinajstić information content (AvgIpc) is 2.02. The van der Waals surface area contributed by atoms with Crippen molar-refractivity contribution in [3.8, 4) is 0 Å². The molecule has 0 fully saturated rings. The lowest BCUT2D eigenvalue weighted by Crippen LogP contribution is -2.15. The molecule has 14 heavy (non-hydrogen) atoms. The molecule has 0 bridgehead atoms. The van der Waals surface area contributed by atoms with Crippen molar-refractivity contribution in [2.24, 2.45) is 0 Å². The van der Waals surface area contributed by atoms with Gasteiger partial charge >= 0.3 is 0 Å². The fourth-order valence-corrected chi connectivity index (χ4v) is 1.03. The molecule has 1 heterocycles. The van der Waals surface area contributed by atoms with Gasteiger partial charge in [-0.15, -0.1) is 0 Å². The van der Waals surface area contributed by atoms with Crippen LogP contribution < -0.4 is 0 Å². The molecule has 0 saturated carbocycles. The topological polar surface area (TPSA) is 12.9 Å². The molecule has 0 saturated heterocycles. The molecule has 0 aliphatic carbocycles. The Morgan fingerprint density at radius 2 is 1.79 bits per heavy atom. The van der Waals surface area contributed by atoms with Gasteiger partial charge in [-0.25, -0.2) is 18.2 Å². The molecular weight excluding hydrogens is 191 g/mol. The van der Waals surface area contributed by atoms with Gasteiger partial charge in [0.25, 0.3) is 6.43 Å². The van der Waals surface area contributed by atoms with Crippen LogP contribution >= 0.6 is 0 Å². The van der Waals surface area contributed by atoms with Crippen LogP contribution in [0, 0.1) is 5.82 Å². The molecule has 0 aliphatic rings. The van der Waals surface area contributed by atoms with Gasteiger partial charge in [-0.1, -0.05) is 20.8 Å². The number of rotatable bonds is 1. The van der Waals surface area contributed by atoms with Crippen molar-refractivity contribution in [1.29, 1.82) is 0 Å². The van der Waals surface area contributed by atoms with Gasteiger partial charge in [0, 0.05) is 11.1 Å². The van der Waals surface area contributed by atoms with Crippen LogP contribution in [0.15, 0.2) is 12.1 Å². The third-order valence-electron chi connectivity index (χ3n) is 1.85. The SMILES string of the molecule is CC(C)(C)c1ccc(F)c(C(F)F)n1. The molecule has 0 atom stereocenters. The van der Waals surface area contributed by atoms with Gasteiger partial charge < -0.3 is 0 Å². The highest BCUT2D eigenvalue weighted by molar-refractivity contribution is 5.19.